The number of carboxylic acids is 1. The van der Waals surface area contributed by atoms with Crippen LogP contribution in [0.2, 0.25) is 0 Å². The SMILES string of the molecule is C/C(=C/C(=O)NCCCS)C(=O)O. The van der Waals surface area contributed by atoms with E-state index in [-0.39, 0.29) is 11.5 Å². The Kier molecular flexibility index (Phi) is 6.05. The summed E-state index contributed by atoms with van der Waals surface area (Å²) in [5.74, 6) is -0.756. The minimum Gasteiger partial charge on any atom is -0.478 e. The van der Waals surface area contributed by atoms with Crippen LogP contribution in [0.15, 0.2) is 11.6 Å². The molecule has 0 radical (unpaired) electrons. The molecule has 0 aliphatic carbocycles. The van der Waals surface area contributed by atoms with Crippen LogP contribution >= 0.6 is 12.6 Å². The fourth-order valence-electron chi connectivity index (χ4n) is 0.600. The van der Waals surface area contributed by atoms with Gasteiger partial charge in [-0.15, -0.1) is 0 Å². The molecule has 0 bridgehead atoms. The minimum absolute atomic E-state index is 0.0309. The molecule has 4 nitrogen and oxygen atoms in total. The molecule has 0 spiro atoms. The van der Waals surface area contributed by atoms with Crippen molar-refractivity contribution >= 4 is 24.5 Å². The summed E-state index contributed by atoms with van der Waals surface area (Å²) < 4.78 is 0. The Hall–Kier alpha value is -0.970. The zero-order valence-corrected chi connectivity index (χ0v) is 8.30. The van der Waals surface area contributed by atoms with E-state index in [1.54, 1.807) is 0 Å². The summed E-state index contributed by atoms with van der Waals surface area (Å²) in [6, 6.07) is 0. The van der Waals surface area contributed by atoms with Crippen LogP contribution in [0.3, 0.4) is 0 Å². The van der Waals surface area contributed by atoms with Crippen molar-refractivity contribution in [3.63, 3.8) is 0 Å². The standard InChI is InChI=1S/C8H13NO3S/c1-6(8(11)12)5-7(10)9-3-2-4-13/h5,13H,2-4H2,1H3,(H,9,10)(H,11,12)/b6-5-. The number of thiol groups is 1. The molecular weight excluding hydrogens is 190 g/mol. The Balaban J connectivity index is 3.86. The monoisotopic (exact) mass is 203 g/mol. The van der Waals surface area contributed by atoms with Gasteiger partial charge in [-0.25, -0.2) is 4.79 Å². The molecule has 0 aromatic heterocycles. The van der Waals surface area contributed by atoms with Crippen molar-refractivity contribution in [1.82, 2.24) is 5.32 Å². The second kappa shape index (κ2) is 6.54. The average Bonchev–Trinajstić information content (AvgIpc) is 2.04. The van der Waals surface area contributed by atoms with E-state index in [0.717, 1.165) is 12.5 Å². The summed E-state index contributed by atoms with van der Waals surface area (Å²) in [7, 11) is 0. The molecule has 0 saturated heterocycles. The third-order valence-electron chi connectivity index (χ3n) is 1.32. The predicted octanol–water partition coefficient (Wildman–Crippen LogP) is 0.453. The highest BCUT2D eigenvalue weighted by atomic mass is 32.1. The quantitative estimate of drug-likeness (QED) is 0.345. The maximum atomic E-state index is 11.0. The van der Waals surface area contributed by atoms with Gasteiger partial charge in [-0.2, -0.15) is 12.6 Å². The molecular formula is C8H13NO3S. The van der Waals surface area contributed by atoms with E-state index in [1.807, 2.05) is 0 Å². The molecule has 0 aromatic rings. The van der Waals surface area contributed by atoms with E-state index in [9.17, 15) is 9.59 Å². The normalized spacial score (nSPS) is 11.1. The number of rotatable bonds is 5. The van der Waals surface area contributed by atoms with E-state index in [4.69, 9.17) is 5.11 Å². The summed E-state index contributed by atoms with van der Waals surface area (Å²) in [5.41, 5.74) is 0.0309. The molecule has 0 aliphatic rings. The summed E-state index contributed by atoms with van der Waals surface area (Å²) in [6.07, 6.45) is 1.84. The molecule has 13 heavy (non-hydrogen) atoms. The fourth-order valence-corrected chi connectivity index (χ4v) is 0.758. The first-order valence-electron chi connectivity index (χ1n) is 3.88. The first-order chi connectivity index (χ1) is 6.07. The third kappa shape index (κ3) is 6.21. The first-order valence-corrected chi connectivity index (χ1v) is 4.51. The van der Waals surface area contributed by atoms with Gasteiger partial charge < -0.3 is 10.4 Å². The van der Waals surface area contributed by atoms with Crippen LogP contribution in [0.5, 0.6) is 0 Å². The van der Waals surface area contributed by atoms with Crippen molar-refractivity contribution in [3.05, 3.63) is 11.6 Å². The lowest BCUT2D eigenvalue weighted by Crippen LogP contribution is -2.23. The van der Waals surface area contributed by atoms with Gasteiger partial charge >= 0.3 is 5.97 Å². The number of carbonyl (C=O) groups excluding carboxylic acids is 1. The Labute approximate surface area is 82.4 Å². The predicted molar refractivity (Wildman–Crippen MR) is 52.9 cm³/mol. The van der Waals surface area contributed by atoms with E-state index < -0.39 is 5.97 Å². The second-order valence-corrected chi connectivity index (χ2v) is 2.95. The van der Waals surface area contributed by atoms with Gasteiger partial charge in [0.05, 0.1) is 0 Å². The molecule has 1 amide bonds. The second-order valence-electron chi connectivity index (χ2n) is 2.50. The zero-order valence-electron chi connectivity index (χ0n) is 7.41. The topological polar surface area (TPSA) is 66.4 Å². The van der Waals surface area contributed by atoms with Crippen molar-refractivity contribution < 1.29 is 14.7 Å². The molecule has 0 aromatic carbocycles. The maximum absolute atomic E-state index is 11.0. The summed E-state index contributed by atoms with van der Waals surface area (Å²) >= 11 is 3.96. The Morgan fingerprint density at radius 1 is 1.54 bits per heavy atom. The molecule has 0 unspecified atom stereocenters. The largest absolute Gasteiger partial charge is 0.478 e. The molecule has 2 N–H and O–H groups in total. The van der Waals surface area contributed by atoms with E-state index in [1.165, 1.54) is 6.92 Å². The van der Waals surface area contributed by atoms with E-state index >= 15 is 0 Å². The van der Waals surface area contributed by atoms with Gasteiger partial charge in [-0.3, -0.25) is 4.79 Å². The lowest BCUT2D eigenvalue weighted by atomic mass is 10.3. The fraction of sp³-hybridized carbons (Fsp3) is 0.500. The lowest BCUT2D eigenvalue weighted by Gasteiger charge is -1.99. The highest BCUT2D eigenvalue weighted by molar-refractivity contribution is 7.80. The van der Waals surface area contributed by atoms with Crippen molar-refractivity contribution in [2.24, 2.45) is 0 Å². The number of hydrogen-bond donors (Lipinski definition) is 3. The number of nitrogens with one attached hydrogen (secondary N) is 1. The zero-order chi connectivity index (χ0) is 10.3. The van der Waals surface area contributed by atoms with Gasteiger partial charge in [0.1, 0.15) is 0 Å². The number of hydrogen-bond acceptors (Lipinski definition) is 3. The molecule has 0 heterocycles. The van der Waals surface area contributed by atoms with Gasteiger partial charge in [0.25, 0.3) is 0 Å². The minimum atomic E-state index is -1.08. The van der Waals surface area contributed by atoms with E-state index in [2.05, 4.69) is 17.9 Å². The lowest BCUT2D eigenvalue weighted by molar-refractivity contribution is -0.133. The van der Waals surface area contributed by atoms with Crippen LogP contribution < -0.4 is 5.32 Å². The Bertz CT molecular complexity index is 225. The van der Waals surface area contributed by atoms with Gasteiger partial charge in [-0.05, 0) is 19.1 Å². The number of aliphatic carboxylic acids is 1. The Morgan fingerprint density at radius 2 is 2.15 bits per heavy atom. The van der Waals surface area contributed by atoms with Crippen molar-refractivity contribution in [3.8, 4) is 0 Å². The van der Waals surface area contributed by atoms with Crippen molar-refractivity contribution in [1.29, 1.82) is 0 Å². The maximum Gasteiger partial charge on any atom is 0.331 e. The molecule has 0 fully saturated rings. The first kappa shape index (κ1) is 12.0. The van der Waals surface area contributed by atoms with Crippen LogP contribution in [0.25, 0.3) is 0 Å². The Morgan fingerprint density at radius 3 is 2.62 bits per heavy atom. The molecule has 0 saturated carbocycles. The van der Waals surface area contributed by atoms with Crippen LogP contribution in [0, 0.1) is 0 Å². The molecule has 5 heteroatoms. The molecule has 74 valence electrons. The summed E-state index contributed by atoms with van der Waals surface area (Å²) in [4.78, 5) is 21.3. The van der Waals surface area contributed by atoms with Crippen molar-refractivity contribution in [2.75, 3.05) is 12.3 Å². The van der Waals surface area contributed by atoms with Gasteiger partial charge in [0, 0.05) is 18.2 Å². The van der Waals surface area contributed by atoms with Gasteiger partial charge in [0.2, 0.25) is 5.91 Å². The number of amides is 1. The number of carboxylic acid groups (broad SMARTS) is 1. The smallest absolute Gasteiger partial charge is 0.331 e. The molecule has 0 rings (SSSR count). The van der Waals surface area contributed by atoms with Crippen molar-refractivity contribution in [2.45, 2.75) is 13.3 Å². The summed E-state index contributed by atoms with van der Waals surface area (Å²) in [6.45, 7) is 1.90. The number of carbonyl (C=O) groups is 2. The van der Waals surface area contributed by atoms with E-state index in [0.29, 0.717) is 12.3 Å². The van der Waals surface area contributed by atoms with Crippen LogP contribution in [-0.2, 0) is 9.59 Å². The highest BCUT2D eigenvalue weighted by Gasteiger charge is 2.02. The third-order valence-corrected chi connectivity index (χ3v) is 1.64. The summed E-state index contributed by atoms with van der Waals surface area (Å²) in [5, 5.41) is 11.0. The highest BCUT2D eigenvalue weighted by Crippen LogP contribution is 1.91. The molecule has 0 atom stereocenters. The van der Waals surface area contributed by atoms with Crippen LogP contribution in [-0.4, -0.2) is 29.3 Å². The van der Waals surface area contributed by atoms with Gasteiger partial charge in [-0.1, -0.05) is 0 Å². The average molecular weight is 203 g/mol. The van der Waals surface area contributed by atoms with Gasteiger partial charge in [0.15, 0.2) is 0 Å². The van der Waals surface area contributed by atoms with Crippen LogP contribution in [0.4, 0.5) is 0 Å². The molecule has 0 aliphatic heterocycles. The van der Waals surface area contributed by atoms with Crippen LogP contribution in [0.1, 0.15) is 13.3 Å².